The molecule has 0 aliphatic heterocycles. The maximum Gasteiger partial charge on any atom is 0.214 e. The van der Waals surface area contributed by atoms with Crippen molar-refractivity contribution in [3.63, 3.8) is 0 Å². The molecule has 0 aliphatic carbocycles. The van der Waals surface area contributed by atoms with Crippen LogP contribution >= 0.6 is 11.3 Å². The van der Waals surface area contributed by atoms with Crippen LogP contribution in [0, 0.1) is 6.92 Å². The average molecular weight is 319 g/mol. The van der Waals surface area contributed by atoms with Crippen LogP contribution in [0.3, 0.4) is 0 Å². The monoisotopic (exact) mass is 319 g/mol. The molecule has 0 saturated carbocycles. The smallest absolute Gasteiger partial charge is 0.214 e. The van der Waals surface area contributed by atoms with E-state index in [0.29, 0.717) is 19.0 Å². The van der Waals surface area contributed by atoms with E-state index in [4.69, 9.17) is 0 Å². The van der Waals surface area contributed by atoms with E-state index < -0.39 is 10.0 Å². The average Bonchev–Trinajstić information content (AvgIpc) is 2.73. The minimum atomic E-state index is -3.18. The van der Waals surface area contributed by atoms with Gasteiger partial charge in [0.05, 0.1) is 23.0 Å². The number of thiazole rings is 1. The third-order valence-corrected chi connectivity index (χ3v) is 5.61. The lowest BCUT2D eigenvalue weighted by Gasteiger charge is -2.16. The summed E-state index contributed by atoms with van der Waals surface area (Å²) in [6.45, 7) is 7.31. The first-order valence-corrected chi connectivity index (χ1v) is 9.38. The second-order valence-corrected chi connectivity index (χ2v) is 8.50. The van der Waals surface area contributed by atoms with Gasteiger partial charge in [0.25, 0.3) is 0 Å². The van der Waals surface area contributed by atoms with Gasteiger partial charge in [0, 0.05) is 18.5 Å². The second kappa shape index (κ2) is 8.07. The quantitative estimate of drug-likeness (QED) is 0.707. The zero-order valence-electron chi connectivity index (χ0n) is 12.7. The van der Waals surface area contributed by atoms with Gasteiger partial charge in [-0.15, -0.1) is 11.3 Å². The Bertz CT molecular complexity index is 497. The van der Waals surface area contributed by atoms with Crippen LogP contribution in [0.25, 0.3) is 0 Å². The van der Waals surface area contributed by atoms with Crippen LogP contribution in [0.5, 0.6) is 0 Å². The minimum absolute atomic E-state index is 0.201. The Morgan fingerprint density at radius 2 is 2.10 bits per heavy atom. The Morgan fingerprint density at radius 1 is 1.40 bits per heavy atom. The lowest BCUT2D eigenvalue weighted by molar-refractivity contribution is 0.459. The largest absolute Gasteiger partial charge is 0.315 e. The van der Waals surface area contributed by atoms with Gasteiger partial charge in [0.1, 0.15) is 0 Å². The van der Waals surface area contributed by atoms with E-state index in [0.717, 1.165) is 23.7 Å². The number of hydrogen-bond acceptors (Lipinski definition) is 5. The summed E-state index contributed by atoms with van der Waals surface area (Å²) >= 11 is 1.54. The van der Waals surface area contributed by atoms with Crippen molar-refractivity contribution in [3.05, 3.63) is 16.1 Å². The maximum atomic E-state index is 12.1. The van der Waals surface area contributed by atoms with Gasteiger partial charge < -0.3 is 5.32 Å². The number of aryl methyl sites for hydroxylation is 1. The van der Waals surface area contributed by atoms with E-state index in [-0.39, 0.29) is 5.75 Å². The van der Waals surface area contributed by atoms with Crippen LogP contribution in [-0.4, -0.2) is 43.1 Å². The van der Waals surface area contributed by atoms with Crippen LogP contribution in [-0.2, 0) is 16.6 Å². The number of rotatable bonds is 9. The number of hydrogen-bond donors (Lipinski definition) is 1. The fraction of sp³-hybridized carbons (Fsp3) is 0.769. The van der Waals surface area contributed by atoms with Crippen molar-refractivity contribution >= 4 is 21.4 Å². The van der Waals surface area contributed by atoms with Crippen molar-refractivity contribution in [2.45, 2.75) is 46.2 Å². The highest BCUT2D eigenvalue weighted by molar-refractivity contribution is 7.89. The molecule has 0 bridgehead atoms. The van der Waals surface area contributed by atoms with Gasteiger partial charge in [0.15, 0.2) is 0 Å². The molecule has 0 aromatic carbocycles. The highest BCUT2D eigenvalue weighted by atomic mass is 32.2. The van der Waals surface area contributed by atoms with E-state index in [1.807, 2.05) is 12.3 Å². The van der Waals surface area contributed by atoms with Crippen molar-refractivity contribution in [2.24, 2.45) is 0 Å². The number of sulfonamides is 1. The molecule has 0 radical (unpaired) electrons. The molecule has 1 aromatic heterocycles. The molecule has 20 heavy (non-hydrogen) atoms. The zero-order valence-corrected chi connectivity index (χ0v) is 14.4. The first-order chi connectivity index (χ1) is 9.31. The van der Waals surface area contributed by atoms with Crippen molar-refractivity contribution < 1.29 is 8.42 Å². The summed E-state index contributed by atoms with van der Waals surface area (Å²) in [7, 11) is -1.56. The fourth-order valence-corrected chi connectivity index (χ4v) is 3.58. The number of nitrogens with one attached hydrogen (secondary N) is 1. The molecule has 0 atom stereocenters. The summed E-state index contributed by atoms with van der Waals surface area (Å²) in [5, 5.41) is 6.16. The van der Waals surface area contributed by atoms with Crippen LogP contribution < -0.4 is 5.32 Å². The van der Waals surface area contributed by atoms with Crippen LogP contribution in [0.2, 0.25) is 0 Å². The van der Waals surface area contributed by atoms with Crippen LogP contribution in [0.1, 0.15) is 37.4 Å². The molecule has 0 saturated heterocycles. The summed E-state index contributed by atoms with van der Waals surface area (Å²) in [5.41, 5.74) is 0.819. The minimum Gasteiger partial charge on any atom is -0.315 e. The molecular formula is C13H25N3O2S2. The lowest BCUT2D eigenvalue weighted by atomic mass is 10.3. The van der Waals surface area contributed by atoms with E-state index >= 15 is 0 Å². The van der Waals surface area contributed by atoms with Crippen molar-refractivity contribution in [1.82, 2.24) is 14.6 Å². The van der Waals surface area contributed by atoms with Gasteiger partial charge in [0.2, 0.25) is 10.0 Å². The van der Waals surface area contributed by atoms with Crippen molar-refractivity contribution in [2.75, 3.05) is 19.3 Å². The molecular weight excluding hydrogens is 294 g/mol. The molecule has 116 valence electrons. The number of aromatic nitrogens is 1. The second-order valence-electron chi connectivity index (χ2n) is 5.25. The first-order valence-electron chi connectivity index (χ1n) is 6.89. The standard InChI is InChI=1S/C13H25N3O2S2/c1-11(2)14-7-5-6-8-20(17,18)16(4)9-13-10-19-12(3)15-13/h10-11,14H,5-9H2,1-4H3. The Labute approximate surface area is 126 Å². The summed E-state index contributed by atoms with van der Waals surface area (Å²) in [4.78, 5) is 4.30. The van der Waals surface area contributed by atoms with E-state index in [1.54, 1.807) is 18.4 Å². The predicted molar refractivity (Wildman–Crippen MR) is 84.5 cm³/mol. The Balaban J connectivity index is 2.35. The Kier molecular flexibility index (Phi) is 7.08. The van der Waals surface area contributed by atoms with Gasteiger partial charge in [-0.05, 0) is 26.3 Å². The van der Waals surface area contributed by atoms with Crippen molar-refractivity contribution in [1.29, 1.82) is 0 Å². The van der Waals surface area contributed by atoms with Crippen molar-refractivity contribution in [3.8, 4) is 0 Å². The molecule has 1 aromatic rings. The van der Waals surface area contributed by atoms with Gasteiger partial charge >= 0.3 is 0 Å². The van der Waals surface area contributed by atoms with Gasteiger partial charge in [-0.2, -0.15) is 4.31 Å². The molecule has 7 heteroatoms. The highest BCUT2D eigenvalue weighted by Crippen LogP contribution is 2.12. The van der Waals surface area contributed by atoms with Gasteiger partial charge in [-0.1, -0.05) is 13.8 Å². The number of unbranched alkanes of at least 4 members (excludes halogenated alkanes) is 1. The topological polar surface area (TPSA) is 62.3 Å². The van der Waals surface area contributed by atoms with E-state index in [2.05, 4.69) is 24.1 Å². The van der Waals surface area contributed by atoms with E-state index in [9.17, 15) is 8.42 Å². The van der Waals surface area contributed by atoms with Crippen LogP contribution in [0.15, 0.2) is 5.38 Å². The Hall–Kier alpha value is -0.500. The third kappa shape index (κ3) is 6.30. The van der Waals surface area contributed by atoms with Crippen LogP contribution in [0.4, 0.5) is 0 Å². The lowest BCUT2D eigenvalue weighted by Crippen LogP contribution is -2.29. The SMILES string of the molecule is Cc1nc(CN(C)S(=O)(=O)CCCCNC(C)C)cs1. The van der Waals surface area contributed by atoms with Gasteiger partial charge in [-0.25, -0.2) is 13.4 Å². The fourth-order valence-electron chi connectivity index (χ4n) is 1.76. The highest BCUT2D eigenvalue weighted by Gasteiger charge is 2.18. The molecule has 1 rings (SSSR count). The maximum absolute atomic E-state index is 12.1. The summed E-state index contributed by atoms with van der Waals surface area (Å²) in [5.74, 6) is 0.201. The normalized spacial score (nSPS) is 12.5. The molecule has 0 fully saturated rings. The third-order valence-electron chi connectivity index (χ3n) is 2.91. The van der Waals surface area contributed by atoms with E-state index in [1.165, 1.54) is 4.31 Å². The molecule has 0 amide bonds. The first kappa shape index (κ1) is 17.6. The molecule has 0 spiro atoms. The number of nitrogens with zero attached hydrogens (tertiary/aromatic N) is 2. The summed E-state index contributed by atoms with van der Waals surface area (Å²) in [6, 6.07) is 0.446. The predicted octanol–water partition coefficient (Wildman–Crippen LogP) is 1.99. The molecule has 0 aliphatic rings. The Morgan fingerprint density at radius 3 is 2.65 bits per heavy atom. The molecule has 1 N–H and O–H groups in total. The summed E-state index contributed by atoms with van der Waals surface area (Å²) in [6.07, 6.45) is 1.56. The molecule has 5 nitrogen and oxygen atoms in total. The molecule has 0 unspecified atom stereocenters. The van der Waals surface area contributed by atoms with Gasteiger partial charge in [-0.3, -0.25) is 0 Å². The zero-order chi connectivity index (χ0) is 15.2. The summed E-state index contributed by atoms with van der Waals surface area (Å²) < 4.78 is 25.6. The molecule has 1 heterocycles.